The molecule has 0 saturated heterocycles. The van der Waals surface area contributed by atoms with Crippen LogP contribution in [0.2, 0.25) is 0 Å². The summed E-state index contributed by atoms with van der Waals surface area (Å²) in [4.78, 5) is 14.1. The smallest absolute Gasteiger partial charge is 0.250 e. The first-order valence-corrected chi connectivity index (χ1v) is 10.5. The Morgan fingerprint density at radius 1 is 1.00 bits per heavy atom. The molecule has 1 aliphatic rings. The number of fused-ring (bicyclic) bond motifs is 3. The summed E-state index contributed by atoms with van der Waals surface area (Å²) in [6, 6.07) is 19.6. The molecule has 7 nitrogen and oxygen atoms in total. The van der Waals surface area contributed by atoms with Crippen molar-refractivity contribution in [3.8, 4) is 22.9 Å². The van der Waals surface area contributed by atoms with E-state index in [0.717, 1.165) is 39.8 Å². The first-order valence-electron chi connectivity index (χ1n) is 10.5. The number of aromatic nitrogens is 4. The molecular weight excluding hydrogens is 400 g/mol. The van der Waals surface area contributed by atoms with Crippen LogP contribution in [-0.2, 0) is 7.05 Å². The van der Waals surface area contributed by atoms with Crippen LogP contribution >= 0.6 is 0 Å². The highest BCUT2D eigenvalue weighted by molar-refractivity contribution is 5.79. The van der Waals surface area contributed by atoms with E-state index >= 15 is 0 Å². The van der Waals surface area contributed by atoms with Crippen LogP contribution in [-0.4, -0.2) is 25.9 Å². The minimum absolute atomic E-state index is 0.0405. The van der Waals surface area contributed by atoms with Crippen LogP contribution in [0.5, 0.6) is 0 Å². The first kappa shape index (κ1) is 19.8. The van der Waals surface area contributed by atoms with Crippen LogP contribution in [0.1, 0.15) is 30.1 Å². The number of benzene rings is 2. The summed E-state index contributed by atoms with van der Waals surface area (Å²) in [5.41, 5.74) is 5.60. The number of hydrogen-bond acceptors (Lipinski definition) is 5. The Labute approximate surface area is 185 Å². The van der Waals surface area contributed by atoms with Crippen molar-refractivity contribution in [3.05, 3.63) is 88.4 Å². The number of rotatable bonds is 2. The zero-order valence-electron chi connectivity index (χ0n) is 18.1. The van der Waals surface area contributed by atoms with Gasteiger partial charge in [0.05, 0.1) is 23.0 Å². The predicted octanol–water partition coefficient (Wildman–Crippen LogP) is 4.07. The lowest BCUT2D eigenvalue weighted by molar-refractivity contribution is 0.696. The molecule has 0 fully saturated rings. The molecule has 0 saturated carbocycles. The summed E-state index contributed by atoms with van der Waals surface area (Å²) in [5.74, 6) is 1.90. The Balaban J connectivity index is 1.73. The second-order valence-electron chi connectivity index (χ2n) is 8.18. The van der Waals surface area contributed by atoms with Crippen LogP contribution in [0, 0.1) is 18.3 Å². The lowest BCUT2D eigenvalue weighted by atomic mass is 10.0. The lowest BCUT2D eigenvalue weighted by Gasteiger charge is -2.27. The molecule has 0 amide bonds. The largest absolute Gasteiger partial charge is 0.339 e. The van der Waals surface area contributed by atoms with Gasteiger partial charge in [-0.2, -0.15) is 5.26 Å². The van der Waals surface area contributed by atoms with E-state index in [4.69, 9.17) is 0 Å². The molecule has 0 radical (unpaired) electrons. The Bertz CT molecular complexity index is 1420. The van der Waals surface area contributed by atoms with E-state index in [2.05, 4.69) is 50.9 Å². The van der Waals surface area contributed by atoms with Gasteiger partial charge in [-0.05, 0) is 60.5 Å². The highest BCUT2D eigenvalue weighted by Crippen LogP contribution is 2.40. The van der Waals surface area contributed by atoms with E-state index in [-0.39, 0.29) is 11.5 Å². The Morgan fingerprint density at radius 2 is 1.75 bits per heavy atom. The molecule has 0 aliphatic carbocycles. The van der Waals surface area contributed by atoms with Gasteiger partial charge in [-0.3, -0.25) is 9.36 Å². The van der Waals surface area contributed by atoms with Gasteiger partial charge in [0, 0.05) is 37.5 Å². The molecule has 2 aromatic carbocycles. The van der Waals surface area contributed by atoms with Gasteiger partial charge < -0.3 is 9.47 Å². The average Bonchev–Trinajstić information content (AvgIpc) is 3.14. The van der Waals surface area contributed by atoms with Crippen molar-refractivity contribution < 1.29 is 0 Å². The normalized spacial score (nSPS) is 14.9. The first-order chi connectivity index (χ1) is 15.5. The van der Waals surface area contributed by atoms with Gasteiger partial charge in [-0.1, -0.05) is 13.0 Å². The van der Waals surface area contributed by atoms with Crippen molar-refractivity contribution in [1.82, 2.24) is 19.3 Å². The van der Waals surface area contributed by atoms with E-state index in [1.165, 1.54) is 0 Å². The molecule has 1 aliphatic heterocycles. The van der Waals surface area contributed by atoms with E-state index in [0.29, 0.717) is 12.1 Å². The van der Waals surface area contributed by atoms with Crippen LogP contribution < -0.4 is 10.5 Å². The summed E-state index contributed by atoms with van der Waals surface area (Å²) in [6.07, 6.45) is 1.85. The fraction of sp³-hybridized carbons (Fsp3) is 0.200. The van der Waals surface area contributed by atoms with Crippen molar-refractivity contribution in [2.45, 2.75) is 19.8 Å². The molecule has 2 aromatic heterocycles. The van der Waals surface area contributed by atoms with Crippen molar-refractivity contribution in [3.63, 3.8) is 0 Å². The summed E-state index contributed by atoms with van der Waals surface area (Å²) < 4.78 is 3.71. The fourth-order valence-electron chi connectivity index (χ4n) is 4.28. The molecule has 0 unspecified atom stereocenters. The molecule has 4 aromatic rings. The molecule has 1 atom stereocenters. The standard InChI is InChI=1S/C25H22N6O/c1-16-14-30(21-8-4-18(13-26)5-9-21)23-12-19(20-7-11-24(32)29(3)15-20)6-10-22(23)31-17(2)27-28-25(16)31/h4-12,15-16H,14H2,1-3H3/t16-/m1/s1. The Kier molecular flexibility index (Phi) is 4.63. The molecule has 5 rings (SSSR count). The Morgan fingerprint density at radius 3 is 2.47 bits per heavy atom. The zero-order chi connectivity index (χ0) is 22.4. The molecule has 158 valence electrons. The van der Waals surface area contributed by atoms with Gasteiger partial charge >= 0.3 is 0 Å². The van der Waals surface area contributed by atoms with E-state index in [9.17, 15) is 10.1 Å². The van der Waals surface area contributed by atoms with Gasteiger partial charge in [-0.15, -0.1) is 10.2 Å². The zero-order valence-corrected chi connectivity index (χ0v) is 18.1. The van der Waals surface area contributed by atoms with Gasteiger partial charge in [0.2, 0.25) is 5.56 Å². The molecule has 0 bridgehead atoms. The number of pyridine rings is 1. The molecule has 3 heterocycles. The predicted molar refractivity (Wildman–Crippen MR) is 123 cm³/mol. The monoisotopic (exact) mass is 422 g/mol. The molecular formula is C25H22N6O. The van der Waals surface area contributed by atoms with Crippen LogP contribution in [0.15, 0.2) is 65.6 Å². The third-order valence-corrected chi connectivity index (χ3v) is 5.98. The van der Waals surface area contributed by atoms with Crippen molar-refractivity contribution in [2.24, 2.45) is 7.05 Å². The van der Waals surface area contributed by atoms with Crippen molar-refractivity contribution in [1.29, 1.82) is 5.26 Å². The topological polar surface area (TPSA) is 79.7 Å². The molecule has 7 heteroatoms. The second kappa shape index (κ2) is 7.50. The highest BCUT2D eigenvalue weighted by Gasteiger charge is 2.28. The third kappa shape index (κ3) is 3.17. The summed E-state index contributed by atoms with van der Waals surface area (Å²) in [6.45, 7) is 4.83. The maximum Gasteiger partial charge on any atom is 0.250 e. The molecule has 32 heavy (non-hydrogen) atoms. The summed E-state index contributed by atoms with van der Waals surface area (Å²) in [5, 5.41) is 18.0. The van der Waals surface area contributed by atoms with E-state index < -0.39 is 0 Å². The Hall–Kier alpha value is -4.18. The number of aryl methyl sites for hydroxylation is 2. The number of nitrogens with zero attached hydrogens (tertiary/aromatic N) is 6. The number of anilines is 2. The lowest BCUT2D eigenvalue weighted by Crippen LogP contribution is -2.22. The maximum absolute atomic E-state index is 11.9. The van der Waals surface area contributed by atoms with Gasteiger partial charge in [0.25, 0.3) is 0 Å². The number of hydrogen-bond donors (Lipinski definition) is 0. The average molecular weight is 422 g/mol. The maximum atomic E-state index is 11.9. The SMILES string of the molecule is Cc1nnc2n1-c1ccc(-c3ccc(=O)n(C)c3)cc1N(c1ccc(C#N)cc1)C[C@H]2C. The number of nitriles is 1. The quantitative estimate of drug-likeness (QED) is 0.487. The summed E-state index contributed by atoms with van der Waals surface area (Å²) >= 11 is 0. The van der Waals surface area contributed by atoms with E-state index in [1.54, 1.807) is 17.7 Å². The highest BCUT2D eigenvalue weighted by atomic mass is 16.1. The minimum Gasteiger partial charge on any atom is -0.339 e. The van der Waals surface area contributed by atoms with Gasteiger partial charge in [0.1, 0.15) is 11.6 Å². The van der Waals surface area contributed by atoms with Gasteiger partial charge in [0.15, 0.2) is 0 Å². The van der Waals surface area contributed by atoms with Crippen LogP contribution in [0.25, 0.3) is 16.8 Å². The molecule has 0 spiro atoms. The molecule has 0 N–H and O–H groups in total. The fourth-order valence-corrected chi connectivity index (χ4v) is 4.28. The van der Waals surface area contributed by atoms with Gasteiger partial charge in [-0.25, -0.2) is 0 Å². The van der Waals surface area contributed by atoms with Crippen molar-refractivity contribution in [2.75, 3.05) is 11.4 Å². The van der Waals surface area contributed by atoms with Crippen molar-refractivity contribution >= 4 is 11.4 Å². The minimum atomic E-state index is -0.0405. The van der Waals surface area contributed by atoms with Crippen LogP contribution in [0.3, 0.4) is 0 Å². The third-order valence-electron chi connectivity index (χ3n) is 5.98. The second-order valence-corrected chi connectivity index (χ2v) is 8.18. The van der Waals surface area contributed by atoms with Crippen LogP contribution in [0.4, 0.5) is 11.4 Å². The van der Waals surface area contributed by atoms with E-state index in [1.807, 2.05) is 43.5 Å². The summed E-state index contributed by atoms with van der Waals surface area (Å²) in [7, 11) is 1.76.